The molecule has 1 aliphatic carbocycles. The number of carbonyl (C=O) groups is 1. The minimum absolute atomic E-state index is 0.202. The van der Waals surface area contributed by atoms with E-state index in [0.717, 1.165) is 42.2 Å². The Morgan fingerprint density at radius 3 is 2.41 bits per heavy atom. The van der Waals surface area contributed by atoms with Crippen molar-refractivity contribution in [2.24, 2.45) is 0 Å². The average molecular weight is 326 g/mol. The van der Waals surface area contributed by atoms with Gasteiger partial charge in [0.15, 0.2) is 0 Å². The summed E-state index contributed by atoms with van der Waals surface area (Å²) in [5.41, 5.74) is -0.447. The highest BCUT2D eigenvalue weighted by Gasteiger charge is 2.25. The molecule has 1 amide bonds. The van der Waals surface area contributed by atoms with Crippen LogP contribution in [0.5, 0.6) is 0 Å². The van der Waals surface area contributed by atoms with Crippen molar-refractivity contribution in [1.82, 2.24) is 15.5 Å². The second-order valence-corrected chi connectivity index (χ2v) is 7.76. The molecule has 0 bridgehead atoms. The van der Waals surface area contributed by atoms with E-state index in [1.807, 2.05) is 20.8 Å². The van der Waals surface area contributed by atoms with Crippen LogP contribution in [0.2, 0.25) is 0 Å². The summed E-state index contributed by atoms with van der Waals surface area (Å²) in [6, 6.07) is 0.614. The van der Waals surface area contributed by atoms with Gasteiger partial charge in [-0.1, -0.05) is 18.3 Å². The third-order valence-corrected chi connectivity index (χ3v) is 4.54. The molecule has 1 fully saturated rings. The number of nitrogens with one attached hydrogen (secondary N) is 2. The van der Waals surface area contributed by atoms with Crippen LogP contribution in [0.15, 0.2) is 0 Å². The van der Waals surface area contributed by atoms with Crippen LogP contribution in [0.3, 0.4) is 0 Å². The Balaban J connectivity index is 1.72. The van der Waals surface area contributed by atoms with Gasteiger partial charge in [-0.15, -0.1) is 10.2 Å². The minimum Gasteiger partial charge on any atom is -0.444 e. The molecule has 0 aromatic carbocycles. The van der Waals surface area contributed by atoms with Gasteiger partial charge >= 0.3 is 6.09 Å². The highest BCUT2D eigenvalue weighted by Crippen LogP contribution is 2.24. The molecule has 124 valence electrons. The van der Waals surface area contributed by atoms with Crippen molar-refractivity contribution in [3.8, 4) is 0 Å². The predicted molar refractivity (Wildman–Crippen MR) is 88.3 cm³/mol. The van der Waals surface area contributed by atoms with E-state index >= 15 is 0 Å². The maximum atomic E-state index is 11.8. The predicted octanol–water partition coefficient (Wildman–Crippen LogP) is 3.35. The lowest BCUT2D eigenvalue weighted by atomic mass is 9.91. The van der Waals surface area contributed by atoms with Crippen molar-refractivity contribution < 1.29 is 9.53 Å². The molecule has 1 aromatic rings. The molecule has 0 spiro atoms. The first-order chi connectivity index (χ1) is 10.4. The van der Waals surface area contributed by atoms with Gasteiger partial charge in [0.05, 0.1) is 0 Å². The smallest absolute Gasteiger partial charge is 0.407 e. The van der Waals surface area contributed by atoms with Gasteiger partial charge in [0.25, 0.3) is 0 Å². The number of rotatable bonds is 4. The van der Waals surface area contributed by atoms with Crippen LogP contribution in [0.1, 0.15) is 58.4 Å². The summed E-state index contributed by atoms with van der Waals surface area (Å²) in [5.74, 6) is 0. The molecule has 0 unspecified atom stereocenters. The summed E-state index contributed by atoms with van der Waals surface area (Å²) in [6.07, 6.45) is 4.54. The normalized spacial score (nSPS) is 22.2. The number of amides is 1. The molecular formula is C15H26N4O2S. The second kappa shape index (κ2) is 7.26. The number of alkyl carbamates (subject to hydrolysis) is 1. The lowest BCUT2D eigenvalue weighted by Crippen LogP contribution is -2.42. The average Bonchev–Trinajstić information content (AvgIpc) is 2.86. The number of aromatic nitrogens is 2. The van der Waals surface area contributed by atoms with Gasteiger partial charge in [-0.25, -0.2) is 4.79 Å². The molecule has 7 heteroatoms. The maximum Gasteiger partial charge on any atom is 0.407 e. The third kappa shape index (κ3) is 5.44. The van der Waals surface area contributed by atoms with E-state index in [4.69, 9.17) is 4.74 Å². The molecule has 1 heterocycles. The van der Waals surface area contributed by atoms with E-state index in [-0.39, 0.29) is 12.1 Å². The zero-order valence-corrected chi connectivity index (χ0v) is 14.6. The standard InChI is InChI=1S/C15H26N4O2S/c1-5-12-18-19-13(22-12)16-10-6-8-11(9-7-10)17-14(20)21-15(2,3)4/h10-11H,5-9H2,1-4H3,(H,16,19)(H,17,20). The van der Waals surface area contributed by atoms with Gasteiger partial charge in [-0.3, -0.25) is 0 Å². The number of nitrogens with zero attached hydrogens (tertiary/aromatic N) is 2. The molecule has 1 aliphatic rings. The molecule has 0 radical (unpaired) electrons. The molecule has 1 saturated carbocycles. The Bertz CT molecular complexity index is 490. The maximum absolute atomic E-state index is 11.8. The van der Waals surface area contributed by atoms with Gasteiger partial charge in [0, 0.05) is 12.1 Å². The molecule has 1 aromatic heterocycles. The van der Waals surface area contributed by atoms with E-state index in [9.17, 15) is 4.79 Å². The van der Waals surface area contributed by atoms with Gasteiger partial charge in [-0.05, 0) is 52.9 Å². The van der Waals surface area contributed by atoms with Crippen molar-refractivity contribution in [3.63, 3.8) is 0 Å². The van der Waals surface area contributed by atoms with E-state index in [1.165, 1.54) is 0 Å². The van der Waals surface area contributed by atoms with Gasteiger partial charge in [0.1, 0.15) is 10.6 Å². The van der Waals surface area contributed by atoms with Crippen molar-refractivity contribution in [3.05, 3.63) is 5.01 Å². The van der Waals surface area contributed by atoms with Gasteiger partial charge in [0.2, 0.25) is 5.13 Å². The van der Waals surface area contributed by atoms with Crippen molar-refractivity contribution >= 4 is 22.6 Å². The number of ether oxygens (including phenoxy) is 1. The van der Waals surface area contributed by atoms with Crippen LogP contribution >= 0.6 is 11.3 Å². The molecule has 2 rings (SSSR count). The Labute approximate surface area is 136 Å². The van der Waals surface area contributed by atoms with E-state index in [0.29, 0.717) is 6.04 Å². The van der Waals surface area contributed by atoms with Crippen molar-refractivity contribution in [2.75, 3.05) is 5.32 Å². The van der Waals surface area contributed by atoms with Crippen LogP contribution in [0.25, 0.3) is 0 Å². The first-order valence-corrected chi connectivity index (χ1v) is 8.76. The third-order valence-electron chi connectivity index (χ3n) is 3.54. The fourth-order valence-corrected chi connectivity index (χ4v) is 3.24. The fraction of sp³-hybridized carbons (Fsp3) is 0.800. The summed E-state index contributed by atoms with van der Waals surface area (Å²) in [4.78, 5) is 11.8. The Kier molecular flexibility index (Phi) is 5.61. The zero-order chi connectivity index (χ0) is 16.2. The molecule has 0 atom stereocenters. The first kappa shape index (κ1) is 17.0. The number of anilines is 1. The van der Waals surface area contributed by atoms with Gasteiger partial charge in [-0.2, -0.15) is 0 Å². The number of carbonyl (C=O) groups excluding carboxylic acids is 1. The quantitative estimate of drug-likeness (QED) is 0.887. The summed E-state index contributed by atoms with van der Waals surface area (Å²) >= 11 is 1.62. The van der Waals surface area contributed by atoms with Crippen LogP contribution < -0.4 is 10.6 Å². The fourth-order valence-electron chi connectivity index (χ4n) is 2.49. The number of aryl methyl sites for hydroxylation is 1. The summed E-state index contributed by atoms with van der Waals surface area (Å²) in [6.45, 7) is 7.71. The molecular weight excluding hydrogens is 300 g/mol. The number of hydrogen-bond acceptors (Lipinski definition) is 6. The monoisotopic (exact) mass is 326 g/mol. The SMILES string of the molecule is CCc1nnc(NC2CCC(NC(=O)OC(C)(C)C)CC2)s1. The van der Waals surface area contributed by atoms with E-state index in [1.54, 1.807) is 11.3 Å². The topological polar surface area (TPSA) is 76.1 Å². The van der Waals surface area contributed by atoms with Crippen LogP contribution in [-0.2, 0) is 11.2 Å². The summed E-state index contributed by atoms with van der Waals surface area (Å²) < 4.78 is 5.30. The number of hydrogen-bond donors (Lipinski definition) is 2. The van der Waals surface area contributed by atoms with Crippen molar-refractivity contribution in [2.45, 2.75) is 77.5 Å². The molecule has 0 aliphatic heterocycles. The Morgan fingerprint density at radius 2 is 1.86 bits per heavy atom. The molecule has 6 nitrogen and oxygen atoms in total. The first-order valence-electron chi connectivity index (χ1n) is 7.94. The highest BCUT2D eigenvalue weighted by molar-refractivity contribution is 7.15. The zero-order valence-electron chi connectivity index (χ0n) is 13.8. The minimum atomic E-state index is -0.447. The largest absolute Gasteiger partial charge is 0.444 e. The van der Waals surface area contributed by atoms with Crippen LogP contribution in [0.4, 0.5) is 9.93 Å². The highest BCUT2D eigenvalue weighted by atomic mass is 32.1. The Morgan fingerprint density at radius 1 is 1.23 bits per heavy atom. The Hall–Kier alpha value is -1.37. The van der Waals surface area contributed by atoms with Crippen molar-refractivity contribution in [1.29, 1.82) is 0 Å². The molecule has 22 heavy (non-hydrogen) atoms. The summed E-state index contributed by atoms with van der Waals surface area (Å²) in [5, 5.41) is 16.6. The molecule has 2 N–H and O–H groups in total. The molecule has 0 saturated heterocycles. The van der Waals surface area contributed by atoms with Crippen LogP contribution in [-0.4, -0.2) is 34.0 Å². The lowest BCUT2D eigenvalue weighted by Gasteiger charge is -2.30. The van der Waals surface area contributed by atoms with Crippen LogP contribution in [0, 0.1) is 0 Å². The van der Waals surface area contributed by atoms with E-state index in [2.05, 4.69) is 27.8 Å². The lowest BCUT2D eigenvalue weighted by molar-refractivity contribution is 0.0492. The second-order valence-electron chi connectivity index (χ2n) is 6.69. The van der Waals surface area contributed by atoms with E-state index < -0.39 is 5.60 Å². The summed E-state index contributed by atoms with van der Waals surface area (Å²) in [7, 11) is 0. The van der Waals surface area contributed by atoms with Gasteiger partial charge < -0.3 is 15.4 Å².